The zero-order valence-corrected chi connectivity index (χ0v) is 15.6. The third-order valence-corrected chi connectivity index (χ3v) is 5.16. The summed E-state index contributed by atoms with van der Waals surface area (Å²) in [5.41, 5.74) is 1.07. The number of piperidine rings is 1. The minimum Gasteiger partial charge on any atom is -0.396 e. The molecule has 1 fully saturated rings. The van der Waals surface area contributed by atoms with Crippen molar-refractivity contribution in [3.8, 4) is 0 Å². The summed E-state index contributed by atoms with van der Waals surface area (Å²) in [4.78, 5) is 14.8. The second-order valence-electron chi connectivity index (χ2n) is 7.25. The maximum absolute atomic E-state index is 12.3. The summed E-state index contributed by atoms with van der Waals surface area (Å²) >= 11 is 0. The minimum absolute atomic E-state index is 0.0699. The molecule has 5 nitrogen and oxygen atoms in total. The van der Waals surface area contributed by atoms with Crippen molar-refractivity contribution in [3.05, 3.63) is 35.9 Å². The molecular weight excluding hydrogens is 314 g/mol. The number of hydrogen-bond donors (Lipinski definition) is 3. The van der Waals surface area contributed by atoms with Crippen LogP contribution in [-0.4, -0.2) is 48.3 Å². The molecule has 0 aromatic heterocycles. The maximum Gasteiger partial charge on any atom is 0.315 e. The van der Waals surface area contributed by atoms with Crippen LogP contribution >= 0.6 is 0 Å². The van der Waals surface area contributed by atoms with Crippen LogP contribution in [0.1, 0.15) is 51.1 Å². The van der Waals surface area contributed by atoms with Gasteiger partial charge in [0.2, 0.25) is 0 Å². The molecule has 0 saturated carbocycles. The normalized spacial score (nSPS) is 18.5. The van der Waals surface area contributed by atoms with Gasteiger partial charge < -0.3 is 15.7 Å². The zero-order chi connectivity index (χ0) is 18.1. The van der Waals surface area contributed by atoms with Crippen LogP contribution < -0.4 is 10.6 Å². The highest BCUT2D eigenvalue weighted by Gasteiger charge is 2.21. The largest absolute Gasteiger partial charge is 0.396 e. The van der Waals surface area contributed by atoms with Crippen molar-refractivity contribution in [3.63, 3.8) is 0 Å². The molecule has 1 heterocycles. The number of carbonyl (C=O) groups excluding carboxylic acids is 1. The Bertz CT molecular complexity index is 501. The fraction of sp³-hybridized carbons (Fsp3) is 0.650. The monoisotopic (exact) mass is 347 g/mol. The molecular formula is C20H33N3O2. The number of rotatable bonds is 8. The Labute approximate surface area is 151 Å². The number of benzene rings is 1. The molecule has 25 heavy (non-hydrogen) atoms. The van der Waals surface area contributed by atoms with Gasteiger partial charge in [-0.05, 0) is 57.2 Å². The molecule has 1 aromatic rings. The van der Waals surface area contributed by atoms with Crippen LogP contribution in [0.25, 0.3) is 0 Å². The SMILES string of the molecule is CC1CCN(C(C)CNC(=O)NC(CCCO)c2ccccc2)CC1. The Morgan fingerprint density at radius 3 is 2.60 bits per heavy atom. The molecule has 0 spiro atoms. The molecule has 2 atom stereocenters. The van der Waals surface area contributed by atoms with Gasteiger partial charge >= 0.3 is 6.03 Å². The second kappa shape index (κ2) is 10.4. The van der Waals surface area contributed by atoms with E-state index in [9.17, 15) is 4.79 Å². The molecule has 0 radical (unpaired) electrons. The number of carbonyl (C=O) groups is 1. The zero-order valence-electron chi connectivity index (χ0n) is 15.6. The molecule has 1 aliphatic heterocycles. The van der Waals surface area contributed by atoms with E-state index in [0.29, 0.717) is 19.0 Å². The molecule has 2 unspecified atom stereocenters. The highest BCUT2D eigenvalue weighted by molar-refractivity contribution is 5.74. The molecule has 0 aliphatic carbocycles. The summed E-state index contributed by atoms with van der Waals surface area (Å²) in [6.45, 7) is 7.52. The van der Waals surface area contributed by atoms with Crippen LogP contribution in [0.15, 0.2) is 30.3 Å². The van der Waals surface area contributed by atoms with Crippen molar-refractivity contribution < 1.29 is 9.90 Å². The molecule has 3 N–H and O–H groups in total. The fourth-order valence-corrected chi connectivity index (χ4v) is 3.35. The van der Waals surface area contributed by atoms with Crippen molar-refractivity contribution in [2.75, 3.05) is 26.2 Å². The van der Waals surface area contributed by atoms with Gasteiger partial charge in [-0.25, -0.2) is 4.79 Å². The number of nitrogens with one attached hydrogen (secondary N) is 2. The molecule has 2 rings (SSSR count). The first-order valence-corrected chi connectivity index (χ1v) is 9.54. The highest BCUT2D eigenvalue weighted by Crippen LogP contribution is 2.19. The van der Waals surface area contributed by atoms with Gasteiger partial charge in [0.05, 0.1) is 6.04 Å². The lowest BCUT2D eigenvalue weighted by Crippen LogP contribution is -2.48. The average molecular weight is 348 g/mol. The standard InChI is InChI=1S/C20H33N3O2/c1-16-10-12-23(13-11-16)17(2)15-21-20(25)22-19(9-6-14-24)18-7-4-3-5-8-18/h3-5,7-8,16-17,19,24H,6,9-15H2,1-2H3,(H2,21,22,25). The lowest BCUT2D eigenvalue weighted by molar-refractivity contribution is 0.145. The van der Waals surface area contributed by atoms with Crippen molar-refractivity contribution in [2.24, 2.45) is 5.92 Å². The molecule has 2 amide bonds. The molecule has 1 aromatic carbocycles. The number of hydrogen-bond acceptors (Lipinski definition) is 3. The predicted molar refractivity (Wildman–Crippen MR) is 101 cm³/mol. The van der Waals surface area contributed by atoms with Gasteiger partial charge in [0.15, 0.2) is 0 Å². The topological polar surface area (TPSA) is 64.6 Å². The molecule has 0 bridgehead atoms. The maximum atomic E-state index is 12.3. The van der Waals surface area contributed by atoms with Crippen LogP contribution in [0, 0.1) is 5.92 Å². The summed E-state index contributed by atoms with van der Waals surface area (Å²) in [5.74, 6) is 0.817. The Morgan fingerprint density at radius 1 is 1.28 bits per heavy atom. The lowest BCUT2D eigenvalue weighted by atomic mass is 9.98. The van der Waals surface area contributed by atoms with Gasteiger partial charge in [0.1, 0.15) is 0 Å². The van der Waals surface area contributed by atoms with Gasteiger partial charge in [-0.3, -0.25) is 4.90 Å². The Kier molecular flexibility index (Phi) is 8.22. The predicted octanol–water partition coefficient (Wildman–Crippen LogP) is 2.92. The van der Waals surface area contributed by atoms with Crippen LogP contribution in [0.3, 0.4) is 0 Å². The van der Waals surface area contributed by atoms with Gasteiger partial charge in [-0.15, -0.1) is 0 Å². The fourth-order valence-electron chi connectivity index (χ4n) is 3.35. The van der Waals surface area contributed by atoms with Gasteiger partial charge in [-0.2, -0.15) is 0 Å². The van der Waals surface area contributed by atoms with E-state index in [1.807, 2.05) is 30.3 Å². The minimum atomic E-state index is -0.135. The van der Waals surface area contributed by atoms with Crippen LogP contribution in [0.4, 0.5) is 4.79 Å². The average Bonchev–Trinajstić information content (AvgIpc) is 2.64. The van der Waals surface area contributed by atoms with Crippen LogP contribution in [0.2, 0.25) is 0 Å². The number of likely N-dealkylation sites (tertiary alicyclic amines) is 1. The number of urea groups is 1. The first-order chi connectivity index (χ1) is 12.1. The first-order valence-electron chi connectivity index (χ1n) is 9.54. The highest BCUT2D eigenvalue weighted by atomic mass is 16.3. The molecule has 1 saturated heterocycles. The molecule has 140 valence electrons. The second-order valence-corrected chi connectivity index (χ2v) is 7.25. The number of amides is 2. The van der Waals surface area contributed by atoms with E-state index in [0.717, 1.165) is 31.0 Å². The van der Waals surface area contributed by atoms with Gasteiger partial charge in [0, 0.05) is 19.2 Å². The Hall–Kier alpha value is -1.59. The number of nitrogens with zero attached hydrogens (tertiary/aromatic N) is 1. The summed E-state index contributed by atoms with van der Waals surface area (Å²) in [6.07, 6.45) is 3.89. The van der Waals surface area contributed by atoms with E-state index in [2.05, 4.69) is 29.4 Å². The lowest BCUT2D eigenvalue weighted by Gasteiger charge is -2.35. The van der Waals surface area contributed by atoms with Gasteiger partial charge in [-0.1, -0.05) is 37.3 Å². The van der Waals surface area contributed by atoms with Gasteiger partial charge in [0.25, 0.3) is 0 Å². The number of aliphatic hydroxyl groups is 1. The van der Waals surface area contributed by atoms with E-state index in [-0.39, 0.29) is 18.7 Å². The summed E-state index contributed by atoms with van der Waals surface area (Å²) in [5, 5.41) is 15.2. The van der Waals surface area contributed by atoms with Crippen molar-refractivity contribution in [2.45, 2.75) is 51.6 Å². The van der Waals surface area contributed by atoms with E-state index in [1.165, 1.54) is 12.8 Å². The quantitative estimate of drug-likeness (QED) is 0.677. The Morgan fingerprint density at radius 2 is 1.96 bits per heavy atom. The summed E-state index contributed by atoms with van der Waals surface area (Å²) in [6, 6.07) is 10.1. The summed E-state index contributed by atoms with van der Waals surface area (Å²) in [7, 11) is 0. The summed E-state index contributed by atoms with van der Waals surface area (Å²) < 4.78 is 0. The smallest absolute Gasteiger partial charge is 0.315 e. The number of aliphatic hydroxyl groups excluding tert-OH is 1. The van der Waals surface area contributed by atoms with Crippen molar-refractivity contribution in [1.29, 1.82) is 0 Å². The Balaban J connectivity index is 1.80. The third-order valence-electron chi connectivity index (χ3n) is 5.16. The van der Waals surface area contributed by atoms with Crippen molar-refractivity contribution in [1.82, 2.24) is 15.5 Å². The van der Waals surface area contributed by atoms with E-state index >= 15 is 0 Å². The van der Waals surface area contributed by atoms with E-state index < -0.39 is 0 Å². The molecule has 1 aliphatic rings. The first kappa shape index (κ1) is 19.7. The van der Waals surface area contributed by atoms with Crippen molar-refractivity contribution >= 4 is 6.03 Å². The van der Waals surface area contributed by atoms with E-state index in [1.54, 1.807) is 0 Å². The van der Waals surface area contributed by atoms with Crippen LogP contribution in [0.5, 0.6) is 0 Å². The van der Waals surface area contributed by atoms with E-state index in [4.69, 9.17) is 5.11 Å². The molecule has 5 heteroatoms. The van der Waals surface area contributed by atoms with Crippen LogP contribution in [-0.2, 0) is 0 Å². The third kappa shape index (κ3) is 6.67.